The van der Waals surface area contributed by atoms with Crippen LogP contribution in [0.5, 0.6) is 5.75 Å². The summed E-state index contributed by atoms with van der Waals surface area (Å²) in [5, 5.41) is 4.52. The number of ether oxygens (including phenoxy) is 1. The van der Waals surface area contributed by atoms with Gasteiger partial charge in [-0.3, -0.25) is 4.68 Å². The van der Waals surface area contributed by atoms with E-state index < -0.39 is 0 Å². The van der Waals surface area contributed by atoms with Crippen molar-refractivity contribution in [3.05, 3.63) is 34.0 Å². The van der Waals surface area contributed by atoms with E-state index in [1.807, 2.05) is 28.9 Å². The van der Waals surface area contributed by atoms with Gasteiger partial charge in [0.05, 0.1) is 10.7 Å². The smallest absolute Gasteiger partial charge is 0.118 e. The summed E-state index contributed by atoms with van der Waals surface area (Å²) in [6.07, 6.45) is 2.06. The van der Waals surface area contributed by atoms with Gasteiger partial charge in [0.15, 0.2) is 0 Å². The Morgan fingerprint density at radius 3 is 2.50 bits per heavy atom. The van der Waals surface area contributed by atoms with Gasteiger partial charge in [0.25, 0.3) is 0 Å². The molecule has 0 aliphatic carbocycles. The molecule has 0 N–H and O–H groups in total. The quantitative estimate of drug-likeness (QED) is 0.809. The number of aryl methyl sites for hydroxylation is 1. The Balaban J connectivity index is 2.38. The maximum atomic E-state index is 5.13. The van der Waals surface area contributed by atoms with E-state index in [1.165, 1.54) is 3.57 Å². The van der Waals surface area contributed by atoms with Crippen molar-refractivity contribution < 1.29 is 4.74 Å². The molecule has 0 unspecified atom stereocenters. The van der Waals surface area contributed by atoms with Crippen LogP contribution >= 0.6 is 22.6 Å². The van der Waals surface area contributed by atoms with Crippen LogP contribution in [-0.4, -0.2) is 16.9 Å². The molecule has 0 fully saturated rings. The van der Waals surface area contributed by atoms with Crippen molar-refractivity contribution in [3.8, 4) is 17.0 Å². The predicted molar refractivity (Wildman–Crippen MR) is 72.6 cm³/mol. The van der Waals surface area contributed by atoms with E-state index in [1.54, 1.807) is 7.11 Å². The molecule has 16 heavy (non-hydrogen) atoms. The molecule has 0 amide bonds. The maximum absolute atomic E-state index is 5.13. The molecular weight excluding hydrogens is 315 g/mol. The van der Waals surface area contributed by atoms with Crippen LogP contribution in [0.2, 0.25) is 0 Å². The van der Waals surface area contributed by atoms with E-state index in [-0.39, 0.29) is 0 Å². The third-order valence-corrected chi connectivity index (χ3v) is 3.19. The standard InChI is InChI=1S/C12H13IN2O/c1-3-15-8-11(13)12(14-15)9-4-6-10(16-2)7-5-9/h4-8H,3H2,1-2H3. The van der Waals surface area contributed by atoms with Crippen LogP contribution in [0.25, 0.3) is 11.3 Å². The van der Waals surface area contributed by atoms with Gasteiger partial charge in [-0.05, 0) is 53.8 Å². The molecule has 84 valence electrons. The molecule has 0 aliphatic rings. The van der Waals surface area contributed by atoms with E-state index >= 15 is 0 Å². The van der Waals surface area contributed by atoms with E-state index in [2.05, 4.69) is 40.8 Å². The van der Waals surface area contributed by atoms with Crippen molar-refractivity contribution in [1.29, 1.82) is 0 Å². The molecule has 0 atom stereocenters. The Hall–Kier alpha value is -1.04. The lowest BCUT2D eigenvalue weighted by molar-refractivity contribution is 0.415. The number of rotatable bonds is 3. The number of methoxy groups -OCH3 is 1. The zero-order chi connectivity index (χ0) is 11.5. The fraction of sp³-hybridized carbons (Fsp3) is 0.250. The molecule has 0 spiro atoms. The van der Waals surface area contributed by atoms with Gasteiger partial charge in [-0.15, -0.1) is 0 Å². The second-order valence-corrected chi connectivity index (χ2v) is 4.57. The summed E-state index contributed by atoms with van der Waals surface area (Å²) < 4.78 is 8.25. The summed E-state index contributed by atoms with van der Waals surface area (Å²) in [4.78, 5) is 0. The minimum atomic E-state index is 0.869. The predicted octanol–water partition coefficient (Wildman–Crippen LogP) is 3.18. The van der Waals surface area contributed by atoms with Gasteiger partial charge in [-0.25, -0.2) is 0 Å². The van der Waals surface area contributed by atoms with Crippen molar-refractivity contribution in [1.82, 2.24) is 9.78 Å². The highest BCUT2D eigenvalue weighted by atomic mass is 127. The Bertz CT molecular complexity index is 476. The lowest BCUT2D eigenvalue weighted by Gasteiger charge is -2.01. The van der Waals surface area contributed by atoms with Gasteiger partial charge in [0.2, 0.25) is 0 Å². The molecule has 2 rings (SSSR count). The molecule has 0 bridgehead atoms. The molecule has 1 aromatic carbocycles. The fourth-order valence-corrected chi connectivity index (χ4v) is 2.24. The highest BCUT2D eigenvalue weighted by Crippen LogP contribution is 2.25. The van der Waals surface area contributed by atoms with Crippen molar-refractivity contribution in [2.75, 3.05) is 7.11 Å². The second kappa shape index (κ2) is 4.86. The minimum absolute atomic E-state index is 0.869. The molecule has 1 heterocycles. The fourth-order valence-electron chi connectivity index (χ4n) is 1.50. The largest absolute Gasteiger partial charge is 0.497 e. The number of aromatic nitrogens is 2. The third kappa shape index (κ3) is 2.21. The van der Waals surface area contributed by atoms with Crippen molar-refractivity contribution in [3.63, 3.8) is 0 Å². The first-order valence-corrected chi connectivity index (χ1v) is 6.20. The van der Waals surface area contributed by atoms with E-state index in [9.17, 15) is 0 Å². The van der Waals surface area contributed by atoms with Crippen LogP contribution in [-0.2, 0) is 6.54 Å². The molecule has 0 saturated heterocycles. The highest BCUT2D eigenvalue weighted by Gasteiger charge is 2.08. The van der Waals surface area contributed by atoms with Gasteiger partial charge in [0.1, 0.15) is 11.4 Å². The molecule has 0 radical (unpaired) electrons. The van der Waals surface area contributed by atoms with Gasteiger partial charge >= 0.3 is 0 Å². The molecule has 1 aromatic heterocycles. The summed E-state index contributed by atoms with van der Waals surface area (Å²) in [7, 11) is 1.67. The van der Waals surface area contributed by atoms with Crippen LogP contribution in [0.3, 0.4) is 0 Å². The Kier molecular flexibility index (Phi) is 3.48. The van der Waals surface area contributed by atoms with Crippen molar-refractivity contribution in [2.24, 2.45) is 0 Å². The summed E-state index contributed by atoms with van der Waals surface area (Å²) in [6, 6.07) is 7.97. The number of nitrogens with zero attached hydrogens (tertiary/aromatic N) is 2. The Morgan fingerprint density at radius 2 is 2.00 bits per heavy atom. The lowest BCUT2D eigenvalue weighted by Crippen LogP contribution is -1.93. The molecule has 0 aliphatic heterocycles. The maximum Gasteiger partial charge on any atom is 0.118 e. The first-order valence-electron chi connectivity index (χ1n) is 5.12. The molecule has 3 nitrogen and oxygen atoms in total. The molecule has 0 saturated carbocycles. The SMILES string of the molecule is CCn1cc(I)c(-c2ccc(OC)cc2)n1. The van der Waals surface area contributed by atoms with Gasteiger partial charge in [-0.2, -0.15) is 5.10 Å². The van der Waals surface area contributed by atoms with Crippen molar-refractivity contribution >= 4 is 22.6 Å². The highest BCUT2D eigenvalue weighted by molar-refractivity contribution is 14.1. The van der Waals surface area contributed by atoms with Gasteiger partial charge < -0.3 is 4.74 Å². The van der Waals surface area contributed by atoms with Crippen LogP contribution in [0, 0.1) is 3.57 Å². The van der Waals surface area contributed by atoms with Crippen LogP contribution in [0.1, 0.15) is 6.92 Å². The number of benzene rings is 1. The van der Waals surface area contributed by atoms with Gasteiger partial charge in [-0.1, -0.05) is 0 Å². The number of hydrogen-bond donors (Lipinski definition) is 0. The number of halogens is 1. The molecular formula is C12H13IN2O. The topological polar surface area (TPSA) is 27.1 Å². The summed E-state index contributed by atoms with van der Waals surface area (Å²) in [5.74, 6) is 0.869. The van der Waals surface area contributed by atoms with E-state index in [0.29, 0.717) is 0 Å². The average Bonchev–Trinajstić information content (AvgIpc) is 2.71. The zero-order valence-electron chi connectivity index (χ0n) is 9.27. The lowest BCUT2D eigenvalue weighted by atomic mass is 10.1. The minimum Gasteiger partial charge on any atom is -0.497 e. The van der Waals surface area contributed by atoms with Crippen molar-refractivity contribution in [2.45, 2.75) is 13.5 Å². The second-order valence-electron chi connectivity index (χ2n) is 3.41. The normalized spacial score (nSPS) is 10.4. The summed E-state index contributed by atoms with van der Waals surface area (Å²) in [6.45, 7) is 2.98. The zero-order valence-corrected chi connectivity index (χ0v) is 11.4. The van der Waals surface area contributed by atoms with Gasteiger partial charge in [0, 0.05) is 18.3 Å². The first-order chi connectivity index (χ1) is 7.74. The Morgan fingerprint density at radius 1 is 1.31 bits per heavy atom. The van der Waals surface area contributed by atoms with E-state index in [4.69, 9.17) is 4.74 Å². The van der Waals surface area contributed by atoms with Crippen LogP contribution in [0.15, 0.2) is 30.5 Å². The summed E-state index contributed by atoms with van der Waals surface area (Å²) in [5.41, 5.74) is 2.16. The third-order valence-electron chi connectivity index (χ3n) is 2.40. The first kappa shape index (κ1) is 11.4. The summed E-state index contributed by atoms with van der Waals surface area (Å²) >= 11 is 2.31. The van der Waals surface area contributed by atoms with Crippen LogP contribution in [0.4, 0.5) is 0 Å². The number of hydrogen-bond acceptors (Lipinski definition) is 2. The Labute approximate surface area is 109 Å². The monoisotopic (exact) mass is 328 g/mol. The van der Waals surface area contributed by atoms with E-state index in [0.717, 1.165) is 23.6 Å². The molecule has 2 aromatic rings. The average molecular weight is 328 g/mol. The molecule has 4 heteroatoms. The van der Waals surface area contributed by atoms with Crippen LogP contribution < -0.4 is 4.74 Å².